The largest absolute Gasteiger partial charge is 0.479 e. The van der Waals surface area contributed by atoms with Crippen molar-refractivity contribution in [2.24, 2.45) is 0 Å². The summed E-state index contributed by atoms with van der Waals surface area (Å²) >= 11 is 0. The van der Waals surface area contributed by atoms with Gasteiger partial charge in [0.1, 0.15) is 0 Å². The highest BCUT2D eigenvalue weighted by Gasteiger charge is 2.36. The Kier molecular flexibility index (Phi) is 3.97. The quantitative estimate of drug-likeness (QED) is 0.909. The third kappa shape index (κ3) is 2.74. The van der Waals surface area contributed by atoms with Gasteiger partial charge in [-0.2, -0.15) is 0 Å². The smallest absolute Gasteiger partial charge is 0.331 e. The van der Waals surface area contributed by atoms with Crippen LogP contribution in [0.25, 0.3) is 0 Å². The molecule has 1 aromatic heterocycles. The Morgan fingerprint density at radius 1 is 1.38 bits per heavy atom. The van der Waals surface area contributed by atoms with Crippen molar-refractivity contribution in [3.8, 4) is 0 Å². The Bertz CT molecular complexity index is 674. The Balaban J connectivity index is 2.36. The lowest BCUT2D eigenvalue weighted by atomic mass is 9.99. The fourth-order valence-electron chi connectivity index (χ4n) is 1.92. The number of aliphatic carboxylic acids is 1. The SMILES string of the molecule is CCC(C)(C(=O)O)n1nnnc1Cc1ccc(F)c(F)c1. The van der Waals surface area contributed by atoms with Crippen molar-refractivity contribution in [3.63, 3.8) is 0 Å². The van der Waals surface area contributed by atoms with Crippen LogP contribution in [0, 0.1) is 11.6 Å². The first-order chi connectivity index (χ1) is 9.88. The van der Waals surface area contributed by atoms with Gasteiger partial charge in [-0.25, -0.2) is 18.3 Å². The van der Waals surface area contributed by atoms with Crippen molar-refractivity contribution >= 4 is 5.97 Å². The predicted octanol–water partition coefficient (Wildman–Crippen LogP) is 1.75. The standard InChI is InChI=1S/C13H14F2N4O2/c1-3-13(2,12(20)21)19-11(16-17-18-19)7-8-4-5-9(14)10(15)6-8/h4-6H,3,7H2,1-2H3,(H,20,21). The summed E-state index contributed by atoms with van der Waals surface area (Å²) in [6.45, 7) is 3.21. The second-order valence-corrected chi connectivity index (χ2v) is 4.86. The molecule has 0 aliphatic rings. The molecule has 0 saturated heterocycles. The van der Waals surface area contributed by atoms with E-state index in [4.69, 9.17) is 0 Å². The minimum absolute atomic E-state index is 0.104. The summed E-state index contributed by atoms with van der Waals surface area (Å²) in [7, 11) is 0. The molecule has 0 radical (unpaired) electrons. The number of carboxylic acids is 1. The Labute approximate surface area is 119 Å². The van der Waals surface area contributed by atoms with E-state index in [2.05, 4.69) is 15.5 Å². The highest BCUT2D eigenvalue weighted by molar-refractivity contribution is 5.76. The van der Waals surface area contributed by atoms with E-state index in [9.17, 15) is 18.7 Å². The van der Waals surface area contributed by atoms with Crippen LogP contribution < -0.4 is 0 Å². The van der Waals surface area contributed by atoms with Gasteiger partial charge in [0.15, 0.2) is 23.0 Å². The van der Waals surface area contributed by atoms with E-state index in [1.54, 1.807) is 6.92 Å². The van der Waals surface area contributed by atoms with Crippen LogP contribution in [0.5, 0.6) is 0 Å². The zero-order valence-corrected chi connectivity index (χ0v) is 11.5. The molecule has 21 heavy (non-hydrogen) atoms. The highest BCUT2D eigenvalue weighted by atomic mass is 19.2. The van der Waals surface area contributed by atoms with E-state index in [-0.39, 0.29) is 18.7 Å². The first-order valence-electron chi connectivity index (χ1n) is 6.33. The molecule has 0 amide bonds. The first-order valence-corrected chi connectivity index (χ1v) is 6.33. The monoisotopic (exact) mass is 296 g/mol. The van der Waals surface area contributed by atoms with Gasteiger partial charge >= 0.3 is 5.97 Å². The van der Waals surface area contributed by atoms with Crippen LogP contribution in [0.1, 0.15) is 31.7 Å². The number of hydrogen-bond acceptors (Lipinski definition) is 4. The molecule has 112 valence electrons. The maximum atomic E-state index is 13.2. The second kappa shape index (κ2) is 5.55. The molecule has 2 rings (SSSR count). The first kappa shape index (κ1) is 15.0. The van der Waals surface area contributed by atoms with E-state index in [1.165, 1.54) is 17.7 Å². The number of carbonyl (C=O) groups is 1. The summed E-state index contributed by atoms with van der Waals surface area (Å²) < 4.78 is 27.3. The molecule has 0 saturated carbocycles. The van der Waals surface area contributed by atoms with Gasteiger partial charge in [-0.1, -0.05) is 13.0 Å². The van der Waals surface area contributed by atoms with Gasteiger partial charge < -0.3 is 5.11 Å². The molecule has 6 nitrogen and oxygen atoms in total. The zero-order chi connectivity index (χ0) is 15.6. The van der Waals surface area contributed by atoms with Gasteiger partial charge in [-0.3, -0.25) is 0 Å². The molecule has 0 aliphatic carbocycles. The van der Waals surface area contributed by atoms with E-state index in [1.807, 2.05) is 0 Å². The number of rotatable bonds is 5. The number of nitrogens with zero attached hydrogens (tertiary/aromatic N) is 4. The lowest BCUT2D eigenvalue weighted by Crippen LogP contribution is -2.40. The molecule has 0 fully saturated rings. The van der Waals surface area contributed by atoms with Gasteiger partial charge in [0.2, 0.25) is 0 Å². The molecule has 1 N–H and O–H groups in total. The van der Waals surface area contributed by atoms with Gasteiger partial charge in [0, 0.05) is 6.42 Å². The molecule has 2 aromatic rings. The van der Waals surface area contributed by atoms with Gasteiger partial charge in [-0.05, 0) is 41.5 Å². The normalized spacial score (nSPS) is 13.9. The highest BCUT2D eigenvalue weighted by Crippen LogP contribution is 2.22. The molecule has 1 unspecified atom stereocenters. The summed E-state index contributed by atoms with van der Waals surface area (Å²) in [6, 6.07) is 3.45. The van der Waals surface area contributed by atoms with E-state index in [0.29, 0.717) is 5.56 Å². The van der Waals surface area contributed by atoms with Crippen LogP contribution in [0.3, 0.4) is 0 Å². The third-order valence-electron chi connectivity index (χ3n) is 3.50. The number of benzene rings is 1. The fraction of sp³-hybridized carbons (Fsp3) is 0.385. The number of carboxylic acid groups (broad SMARTS) is 1. The molecule has 8 heteroatoms. The zero-order valence-electron chi connectivity index (χ0n) is 11.5. The minimum Gasteiger partial charge on any atom is -0.479 e. The minimum atomic E-state index is -1.29. The maximum Gasteiger partial charge on any atom is 0.331 e. The Morgan fingerprint density at radius 2 is 2.10 bits per heavy atom. The second-order valence-electron chi connectivity index (χ2n) is 4.86. The van der Waals surface area contributed by atoms with Crippen LogP contribution >= 0.6 is 0 Å². The molecule has 1 heterocycles. The average molecular weight is 296 g/mol. The number of halogens is 2. The van der Waals surface area contributed by atoms with Gasteiger partial charge in [0.05, 0.1) is 0 Å². The van der Waals surface area contributed by atoms with Crippen LogP contribution in [-0.4, -0.2) is 31.3 Å². The van der Waals surface area contributed by atoms with E-state index >= 15 is 0 Å². The molecule has 0 spiro atoms. The number of hydrogen-bond donors (Lipinski definition) is 1. The van der Waals surface area contributed by atoms with Crippen LogP contribution in [0.15, 0.2) is 18.2 Å². The fourth-order valence-corrected chi connectivity index (χ4v) is 1.92. The summed E-state index contributed by atoms with van der Waals surface area (Å²) in [5.41, 5.74) is -0.842. The summed E-state index contributed by atoms with van der Waals surface area (Å²) in [5, 5.41) is 20.3. The molecule has 0 bridgehead atoms. The van der Waals surface area contributed by atoms with E-state index < -0.39 is 23.1 Å². The predicted molar refractivity (Wildman–Crippen MR) is 68.6 cm³/mol. The third-order valence-corrected chi connectivity index (χ3v) is 3.50. The van der Waals surface area contributed by atoms with Crippen molar-refractivity contribution in [2.45, 2.75) is 32.2 Å². The number of tetrazole rings is 1. The molecule has 0 aliphatic heterocycles. The molecule has 1 aromatic carbocycles. The molecular formula is C13H14F2N4O2. The van der Waals surface area contributed by atoms with Crippen molar-refractivity contribution < 1.29 is 18.7 Å². The Morgan fingerprint density at radius 3 is 2.67 bits per heavy atom. The van der Waals surface area contributed by atoms with Crippen molar-refractivity contribution in [1.29, 1.82) is 0 Å². The van der Waals surface area contributed by atoms with Crippen LogP contribution in [-0.2, 0) is 16.8 Å². The summed E-state index contributed by atoms with van der Waals surface area (Å²) in [5.74, 6) is -2.71. The van der Waals surface area contributed by atoms with Crippen molar-refractivity contribution in [3.05, 3.63) is 41.2 Å². The van der Waals surface area contributed by atoms with Crippen LogP contribution in [0.4, 0.5) is 8.78 Å². The van der Waals surface area contributed by atoms with E-state index in [0.717, 1.165) is 12.1 Å². The Hall–Kier alpha value is -2.38. The van der Waals surface area contributed by atoms with Crippen molar-refractivity contribution in [1.82, 2.24) is 20.2 Å². The van der Waals surface area contributed by atoms with Crippen molar-refractivity contribution in [2.75, 3.05) is 0 Å². The van der Waals surface area contributed by atoms with Gasteiger partial charge in [0.25, 0.3) is 0 Å². The average Bonchev–Trinajstić information content (AvgIpc) is 2.90. The molecular weight excluding hydrogens is 282 g/mol. The number of aromatic nitrogens is 4. The lowest BCUT2D eigenvalue weighted by molar-refractivity contribution is -0.147. The lowest BCUT2D eigenvalue weighted by Gasteiger charge is -2.24. The summed E-state index contributed by atoms with van der Waals surface area (Å²) in [6.07, 6.45) is 0.380. The molecule has 1 atom stereocenters. The summed E-state index contributed by atoms with van der Waals surface area (Å²) in [4.78, 5) is 11.4. The van der Waals surface area contributed by atoms with Gasteiger partial charge in [-0.15, -0.1) is 5.10 Å². The van der Waals surface area contributed by atoms with Crippen LogP contribution in [0.2, 0.25) is 0 Å². The maximum absolute atomic E-state index is 13.2. The topological polar surface area (TPSA) is 80.9 Å².